The Kier molecular flexibility index (Phi) is 2.52. The van der Waals surface area contributed by atoms with E-state index >= 15 is 0 Å². The van der Waals surface area contributed by atoms with E-state index in [9.17, 15) is 8.78 Å². The van der Waals surface area contributed by atoms with E-state index in [1.54, 1.807) is 6.92 Å². The molecule has 0 aliphatic heterocycles. The summed E-state index contributed by atoms with van der Waals surface area (Å²) in [7, 11) is 1.19. The third-order valence-electron chi connectivity index (χ3n) is 1.94. The molecule has 1 heterocycles. The number of ether oxygens (including phenoxy) is 1. The highest BCUT2D eigenvalue weighted by Gasteiger charge is 2.22. The predicted molar refractivity (Wildman–Crippen MR) is 55.8 cm³/mol. The predicted octanol–water partition coefficient (Wildman–Crippen LogP) is 3.54. The Labute approximate surface area is 93.5 Å². The summed E-state index contributed by atoms with van der Waals surface area (Å²) in [6, 6.07) is 0. The fourth-order valence-corrected chi connectivity index (χ4v) is 2.44. The minimum Gasteiger partial charge on any atom is -0.491 e. The van der Waals surface area contributed by atoms with Crippen molar-refractivity contribution in [3.05, 3.63) is 21.7 Å². The van der Waals surface area contributed by atoms with Crippen LogP contribution in [0.15, 0.2) is 0 Å². The Morgan fingerprint density at radius 3 is 2.60 bits per heavy atom. The van der Waals surface area contributed by atoms with E-state index in [0.29, 0.717) is 5.01 Å². The maximum Gasteiger partial charge on any atom is 0.193 e. The summed E-state index contributed by atoms with van der Waals surface area (Å²) >= 11 is 6.83. The molecular formula is C9H6ClF2NOS. The highest BCUT2D eigenvalue weighted by molar-refractivity contribution is 7.18. The van der Waals surface area contributed by atoms with Crippen LogP contribution in [-0.4, -0.2) is 12.1 Å². The third kappa shape index (κ3) is 1.46. The van der Waals surface area contributed by atoms with Crippen molar-refractivity contribution in [1.82, 2.24) is 4.98 Å². The van der Waals surface area contributed by atoms with Gasteiger partial charge in [-0.25, -0.2) is 13.8 Å². The highest BCUT2D eigenvalue weighted by atomic mass is 35.5. The lowest BCUT2D eigenvalue weighted by Crippen LogP contribution is -1.94. The van der Waals surface area contributed by atoms with Crippen molar-refractivity contribution < 1.29 is 13.5 Å². The first-order valence-corrected chi connectivity index (χ1v) is 5.23. The largest absolute Gasteiger partial charge is 0.491 e. The van der Waals surface area contributed by atoms with Gasteiger partial charge in [0.15, 0.2) is 17.4 Å². The summed E-state index contributed by atoms with van der Waals surface area (Å²) in [6.07, 6.45) is 0. The van der Waals surface area contributed by atoms with E-state index in [2.05, 4.69) is 9.72 Å². The van der Waals surface area contributed by atoms with Crippen molar-refractivity contribution in [2.24, 2.45) is 0 Å². The SMILES string of the molecule is COc1c(F)c(Cl)c2nc(C)sc2c1F. The quantitative estimate of drug-likeness (QED) is 0.721. The molecule has 15 heavy (non-hydrogen) atoms. The Balaban J connectivity index is 2.94. The van der Waals surface area contributed by atoms with Gasteiger partial charge in [-0.3, -0.25) is 0 Å². The molecule has 0 radical (unpaired) electrons. The Morgan fingerprint density at radius 2 is 2.00 bits per heavy atom. The second-order valence-corrected chi connectivity index (χ2v) is 4.47. The number of hydrogen-bond donors (Lipinski definition) is 0. The molecule has 1 aromatic carbocycles. The number of fused-ring (bicyclic) bond motifs is 1. The summed E-state index contributed by atoms with van der Waals surface area (Å²) in [5.41, 5.74) is 0.148. The van der Waals surface area contributed by atoms with E-state index in [1.807, 2.05) is 0 Å². The van der Waals surface area contributed by atoms with E-state index in [4.69, 9.17) is 11.6 Å². The van der Waals surface area contributed by atoms with Crippen molar-refractivity contribution in [3.8, 4) is 5.75 Å². The lowest BCUT2D eigenvalue weighted by atomic mass is 10.3. The van der Waals surface area contributed by atoms with Gasteiger partial charge in [-0.1, -0.05) is 11.6 Å². The van der Waals surface area contributed by atoms with Crippen molar-refractivity contribution >= 4 is 33.2 Å². The second kappa shape index (κ2) is 3.57. The maximum absolute atomic E-state index is 13.7. The minimum atomic E-state index is -0.908. The average Bonchev–Trinajstić information content (AvgIpc) is 2.58. The van der Waals surface area contributed by atoms with Crippen molar-refractivity contribution in [2.75, 3.05) is 7.11 Å². The number of hydrogen-bond acceptors (Lipinski definition) is 3. The van der Waals surface area contributed by atoms with Gasteiger partial charge in [-0.2, -0.15) is 0 Å². The first-order valence-electron chi connectivity index (χ1n) is 4.03. The molecule has 80 valence electrons. The molecule has 2 nitrogen and oxygen atoms in total. The van der Waals surface area contributed by atoms with E-state index < -0.39 is 17.4 Å². The molecule has 2 aromatic rings. The fraction of sp³-hybridized carbons (Fsp3) is 0.222. The van der Waals surface area contributed by atoms with Crippen LogP contribution < -0.4 is 4.74 Å². The van der Waals surface area contributed by atoms with Crippen LogP contribution in [0.25, 0.3) is 10.2 Å². The molecule has 0 atom stereocenters. The zero-order chi connectivity index (χ0) is 11.2. The lowest BCUT2D eigenvalue weighted by Gasteiger charge is -2.05. The molecule has 1 aromatic heterocycles. The molecule has 0 saturated heterocycles. The number of benzene rings is 1. The van der Waals surface area contributed by atoms with Crippen molar-refractivity contribution in [2.45, 2.75) is 6.92 Å². The number of rotatable bonds is 1. The van der Waals surface area contributed by atoms with Crippen molar-refractivity contribution in [3.63, 3.8) is 0 Å². The molecule has 0 fully saturated rings. The van der Waals surface area contributed by atoms with Crippen LogP contribution in [0.4, 0.5) is 8.78 Å². The first kappa shape index (κ1) is 10.6. The lowest BCUT2D eigenvalue weighted by molar-refractivity contribution is 0.363. The van der Waals surface area contributed by atoms with Crippen LogP contribution in [0.3, 0.4) is 0 Å². The molecule has 0 N–H and O–H groups in total. The minimum absolute atomic E-state index is 0.148. The van der Waals surface area contributed by atoms with Crippen LogP contribution >= 0.6 is 22.9 Å². The smallest absolute Gasteiger partial charge is 0.193 e. The Bertz CT molecular complexity index is 541. The van der Waals surface area contributed by atoms with E-state index in [0.717, 1.165) is 11.3 Å². The van der Waals surface area contributed by atoms with Crippen LogP contribution in [0.2, 0.25) is 5.02 Å². The second-order valence-electron chi connectivity index (χ2n) is 2.89. The average molecular weight is 250 g/mol. The van der Waals surface area contributed by atoms with Crippen LogP contribution in [-0.2, 0) is 0 Å². The molecule has 0 bridgehead atoms. The van der Waals surface area contributed by atoms with Crippen LogP contribution in [0.1, 0.15) is 5.01 Å². The van der Waals surface area contributed by atoms with Gasteiger partial charge in [0.25, 0.3) is 0 Å². The number of thiazole rings is 1. The molecule has 0 amide bonds. The van der Waals surface area contributed by atoms with Crippen molar-refractivity contribution in [1.29, 1.82) is 0 Å². The third-order valence-corrected chi connectivity index (χ3v) is 3.25. The van der Waals surface area contributed by atoms with Crippen LogP contribution in [0, 0.1) is 18.6 Å². The van der Waals surface area contributed by atoms with Gasteiger partial charge in [0.2, 0.25) is 0 Å². The maximum atomic E-state index is 13.7. The van der Waals surface area contributed by atoms with E-state index in [1.165, 1.54) is 7.11 Å². The van der Waals surface area contributed by atoms with Gasteiger partial charge in [0.05, 0.1) is 16.8 Å². The molecule has 0 unspecified atom stereocenters. The summed E-state index contributed by atoms with van der Waals surface area (Å²) < 4.78 is 32.0. The number of aryl methyl sites for hydroxylation is 1. The van der Waals surface area contributed by atoms with E-state index in [-0.39, 0.29) is 15.2 Å². The number of halogens is 3. The molecule has 0 aliphatic carbocycles. The summed E-state index contributed by atoms with van der Waals surface area (Å²) in [5.74, 6) is -2.12. The molecule has 6 heteroatoms. The molecule has 0 spiro atoms. The first-order chi connectivity index (χ1) is 7.06. The monoisotopic (exact) mass is 249 g/mol. The zero-order valence-corrected chi connectivity index (χ0v) is 9.47. The van der Waals surface area contributed by atoms with Gasteiger partial charge in [-0.05, 0) is 6.92 Å². The molecular weight excluding hydrogens is 244 g/mol. The van der Waals surface area contributed by atoms with Gasteiger partial charge in [0.1, 0.15) is 10.5 Å². The van der Waals surface area contributed by atoms with Gasteiger partial charge >= 0.3 is 0 Å². The molecule has 0 aliphatic rings. The Hall–Kier alpha value is -0.940. The normalized spacial score (nSPS) is 11.0. The van der Waals surface area contributed by atoms with Gasteiger partial charge in [-0.15, -0.1) is 11.3 Å². The number of aromatic nitrogens is 1. The zero-order valence-electron chi connectivity index (χ0n) is 7.90. The van der Waals surface area contributed by atoms with Crippen LogP contribution in [0.5, 0.6) is 5.75 Å². The Morgan fingerprint density at radius 1 is 1.33 bits per heavy atom. The summed E-state index contributed by atoms with van der Waals surface area (Å²) in [4.78, 5) is 3.96. The number of nitrogens with zero attached hydrogens (tertiary/aromatic N) is 1. The van der Waals surface area contributed by atoms with Gasteiger partial charge in [0, 0.05) is 0 Å². The summed E-state index contributed by atoms with van der Waals surface area (Å²) in [6.45, 7) is 1.70. The highest BCUT2D eigenvalue weighted by Crippen LogP contribution is 2.38. The summed E-state index contributed by atoms with van der Waals surface area (Å²) in [5, 5.41) is 0.422. The standard InChI is InChI=1S/C9H6ClF2NOS/c1-3-13-7-4(10)5(11)8(14-2)6(12)9(7)15-3/h1-2H3. The fourth-order valence-electron chi connectivity index (χ4n) is 1.31. The molecule has 0 saturated carbocycles. The topological polar surface area (TPSA) is 22.1 Å². The van der Waals surface area contributed by atoms with Gasteiger partial charge < -0.3 is 4.74 Å². The number of methoxy groups -OCH3 is 1. The molecule has 2 rings (SSSR count).